The number of rotatable bonds is 4. The largest absolute Gasteiger partial charge is 0.468 e. The first-order valence-electron chi connectivity index (χ1n) is 5.58. The van der Waals surface area contributed by atoms with Gasteiger partial charge in [-0.15, -0.1) is 0 Å². The van der Waals surface area contributed by atoms with E-state index in [1.165, 1.54) is 11.1 Å². The molecule has 2 aromatic rings. The van der Waals surface area contributed by atoms with Gasteiger partial charge in [-0.1, -0.05) is 24.3 Å². The third kappa shape index (κ3) is 2.52. The topological polar surface area (TPSA) is 25.2 Å². The number of nitrogens with one attached hydrogen (secondary N) is 1. The predicted octanol–water partition coefficient (Wildman–Crippen LogP) is 3.44. The number of furan rings is 1. The van der Waals surface area contributed by atoms with Gasteiger partial charge in [-0.3, -0.25) is 0 Å². The quantitative estimate of drug-likeness (QED) is 0.845. The fraction of sp³-hybridized carbons (Fsp3) is 0.286. The Morgan fingerprint density at radius 2 is 2.00 bits per heavy atom. The molecule has 1 aromatic carbocycles. The van der Waals surface area contributed by atoms with E-state index >= 15 is 0 Å². The molecule has 84 valence electrons. The van der Waals surface area contributed by atoms with Crippen molar-refractivity contribution in [3.63, 3.8) is 0 Å². The highest BCUT2D eigenvalue weighted by atomic mass is 16.3. The first kappa shape index (κ1) is 11.0. The molecule has 0 aliphatic carbocycles. The second kappa shape index (κ2) is 4.99. The minimum Gasteiger partial charge on any atom is -0.468 e. The van der Waals surface area contributed by atoms with Gasteiger partial charge in [0.2, 0.25) is 0 Å². The molecule has 0 aliphatic heterocycles. The van der Waals surface area contributed by atoms with Crippen LogP contribution >= 0.6 is 0 Å². The molecule has 0 fully saturated rings. The molecule has 1 N–H and O–H groups in total. The monoisotopic (exact) mass is 215 g/mol. The van der Waals surface area contributed by atoms with Gasteiger partial charge in [-0.05, 0) is 37.1 Å². The smallest absolute Gasteiger partial charge is 0.120 e. The molecule has 16 heavy (non-hydrogen) atoms. The third-order valence-corrected chi connectivity index (χ3v) is 2.83. The Morgan fingerprint density at radius 3 is 2.69 bits per heavy atom. The van der Waals surface area contributed by atoms with Crippen LogP contribution in [0.5, 0.6) is 0 Å². The molecule has 2 nitrogen and oxygen atoms in total. The summed E-state index contributed by atoms with van der Waals surface area (Å²) in [5, 5.41) is 3.45. The molecule has 1 atom stereocenters. The zero-order valence-corrected chi connectivity index (χ0v) is 9.73. The van der Waals surface area contributed by atoms with Crippen molar-refractivity contribution in [2.45, 2.75) is 26.4 Å². The summed E-state index contributed by atoms with van der Waals surface area (Å²) in [6, 6.07) is 12.6. The number of aryl methyl sites for hydroxylation is 1. The minimum atomic E-state index is 0.245. The van der Waals surface area contributed by atoms with Gasteiger partial charge in [0.1, 0.15) is 5.76 Å². The van der Waals surface area contributed by atoms with Crippen LogP contribution in [0.4, 0.5) is 0 Å². The molecule has 0 amide bonds. The van der Waals surface area contributed by atoms with Gasteiger partial charge >= 0.3 is 0 Å². The fourth-order valence-electron chi connectivity index (χ4n) is 1.71. The summed E-state index contributed by atoms with van der Waals surface area (Å²) in [4.78, 5) is 0. The van der Waals surface area contributed by atoms with Gasteiger partial charge < -0.3 is 9.73 Å². The number of hydrogen-bond acceptors (Lipinski definition) is 2. The maximum absolute atomic E-state index is 5.35. The Labute approximate surface area is 96.3 Å². The van der Waals surface area contributed by atoms with Crippen molar-refractivity contribution in [3.05, 3.63) is 59.5 Å². The maximum Gasteiger partial charge on any atom is 0.120 e. The Balaban J connectivity index is 1.95. The van der Waals surface area contributed by atoms with E-state index in [0.717, 1.165) is 12.3 Å². The summed E-state index contributed by atoms with van der Waals surface area (Å²) in [5.74, 6) is 0.980. The zero-order chi connectivity index (χ0) is 11.4. The van der Waals surface area contributed by atoms with E-state index in [1.807, 2.05) is 12.1 Å². The van der Waals surface area contributed by atoms with Crippen molar-refractivity contribution in [1.29, 1.82) is 0 Å². The summed E-state index contributed by atoms with van der Waals surface area (Å²) in [7, 11) is 0. The average Bonchev–Trinajstić information content (AvgIpc) is 2.81. The van der Waals surface area contributed by atoms with Crippen molar-refractivity contribution in [3.8, 4) is 0 Å². The molecular formula is C14H17NO. The van der Waals surface area contributed by atoms with Crippen molar-refractivity contribution in [1.82, 2.24) is 5.32 Å². The van der Waals surface area contributed by atoms with E-state index in [1.54, 1.807) is 6.26 Å². The van der Waals surface area contributed by atoms with Crippen LogP contribution in [0.25, 0.3) is 0 Å². The van der Waals surface area contributed by atoms with Crippen LogP contribution in [-0.2, 0) is 6.54 Å². The molecule has 0 spiro atoms. The summed E-state index contributed by atoms with van der Waals surface area (Å²) in [6.07, 6.45) is 1.71. The van der Waals surface area contributed by atoms with Crippen molar-refractivity contribution >= 4 is 0 Å². The van der Waals surface area contributed by atoms with Gasteiger partial charge in [0, 0.05) is 6.54 Å². The van der Waals surface area contributed by atoms with Crippen molar-refractivity contribution < 1.29 is 4.42 Å². The van der Waals surface area contributed by atoms with E-state index in [0.29, 0.717) is 0 Å². The lowest BCUT2D eigenvalue weighted by Crippen LogP contribution is -2.18. The second-order valence-corrected chi connectivity index (χ2v) is 4.04. The molecular weight excluding hydrogens is 198 g/mol. The number of benzene rings is 1. The summed E-state index contributed by atoms with van der Waals surface area (Å²) < 4.78 is 5.35. The molecule has 2 heteroatoms. The Kier molecular flexibility index (Phi) is 3.42. The van der Waals surface area contributed by atoms with Crippen LogP contribution in [0.15, 0.2) is 47.1 Å². The molecule has 2 rings (SSSR count). The molecule has 1 aromatic heterocycles. The van der Waals surface area contributed by atoms with Crippen LogP contribution in [0.2, 0.25) is 0 Å². The van der Waals surface area contributed by atoms with Crippen LogP contribution < -0.4 is 5.32 Å². The molecule has 1 heterocycles. The van der Waals surface area contributed by atoms with Crippen molar-refractivity contribution in [2.75, 3.05) is 0 Å². The van der Waals surface area contributed by atoms with Crippen LogP contribution in [-0.4, -0.2) is 0 Å². The van der Waals surface area contributed by atoms with E-state index in [4.69, 9.17) is 4.42 Å². The normalized spacial score (nSPS) is 12.6. The standard InChI is InChI=1S/C14H17NO/c1-11-6-3-4-7-13(11)10-15-12(2)14-8-5-9-16-14/h3-9,12,15H,10H2,1-2H3. The van der Waals surface area contributed by atoms with Crippen LogP contribution in [0.1, 0.15) is 29.9 Å². The molecule has 0 aliphatic rings. The van der Waals surface area contributed by atoms with Gasteiger partial charge in [0.05, 0.1) is 12.3 Å². The lowest BCUT2D eigenvalue weighted by molar-refractivity contribution is 0.430. The zero-order valence-electron chi connectivity index (χ0n) is 9.73. The minimum absolute atomic E-state index is 0.245. The Hall–Kier alpha value is -1.54. The van der Waals surface area contributed by atoms with Gasteiger partial charge in [0.15, 0.2) is 0 Å². The fourth-order valence-corrected chi connectivity index (χ4v) is 1.71. The molecule has 0 bridgehead atoms. The van der Waals surface area contributed by atoms with Gasteiger partial charge in [0.25, 0.3) is 0 Å². The molecule has 0 saturated heterocycles. The van der Waals surface area contributed by atoms with E-state index in [9.17, 15) is 0 Å². The van der Waals surface area contributed by atoms with E-state index in [-0.39, 0.29) is 6.04 Å². The van der Waals surface area contributed by atoms with Crippen LogP contribution in [0.3, 0.4) is 0 Å². The first-order chi connectivity index (χ1) is 7.77. The summed E-state index contributed by atoms with van der Waals surface area (Å²) >= 11 is 0. The summed E-state index contributed by atoms with van der Waals surface area (Å²) in [6.45, 7) is 5.11. The summed E-state index contributed by atoms with van der Waals surface area (Å²) in [5.41, 5.74) is 2.66. The predicted molar refractivity (Wildman–Crippen MR) is 65.1 cm³/mol. The Bertz CT molecular complexity index is 434. The molecule has 0 radical (unpaired) electrons. The van der Waals surface area contributed by atoms with Gasteiger partial charge in [-0.25, -0.2) is 0 Å². The maximum atomic E-state index is 5.35. The van der Waals surface area contributed by atoms with Crippen LogP contribution in [0, 0.1) is 6.92 Å². The Morgan fingerprint density at radius 1 is 1.19 bits per heavy atom. The SMILES string of the molecule is Cc1ccccc1CNC(C)c1ccco1. The highest BCUT2D eigenvalue weighted by Crippen LogP contribution is 2.14. The highest BCUT2D eigenvalue weighted by molar-refractivity contribution is 5.25. The average molecular weight is 215 g/mol. The second-order valence-electron chi connectivity index (χ2n) is 4.04. The molecule has 0 saturated carbocycles. The lowest BCUT2D eigenvalue weighted by Gasteiger charge is -2.12. The first-order valence-corrected chi connectivity index (χ1v) is 5.58. The van der Waals surface area contributed by atoms with E-state index in [2.05, 4.69) is 43.4 Å². The highest BCUT2D eigenvalue weighted by Gasteiger charge is 2.07. The van der Waals surface area contributed by atoms with Gasteiger partial charge in [-0.2, -0.15) is 0 Å². The molecule has 1 unspecified atom stereocenters. The third-order valence-electron chi connectivity index (χ3n) is 2.83. The van der Waals surface area contributed by atoms with Crippen molar-refractivity contribution in [2.24, 2.45) is 0 Å². The van der Waals surface area contributed by atoms with E-state index < -0.39 is 0 Å². The number of hydrogen-bond donors (Lipinski definition) is 1. The lowest BCUT2D eigenvalue weighted by atomic mass is 10.1.